The van der Waals surface area contributed by atoms with Crippen LogP contribution in [0.5, 0.6) is 0 Å². The predicted molar refractivity (Wildman–Crippen MR) is 65.6 cm³/mol. The number of allylic oxidation sites excluding steroid dienone is 2. The predicted octanol–water partition coefficient (Wildman–Crippen LogP) is 0.646. The fraction of sp³-hybridized carbons (Fsp3) is 0.364. The minimum absolute atomic E-state index is 0.0173. The summed E-state index contributed by atoms with van der Waals surface area (Å²) in [4.78, 5) is 24.0. The zero-order chi connectivity index (χ0) is 13.0. The van der Waals surface area contributed by atoms with Gasteiger partial charge in [-0.25, -0.2) is 0 Å². The smallest absolute Gasteiger partial charge is 0.225 e. The van der Waals surface area contributed by atoms with Crippen LogP contribution in [-0.4, -0.2) is 42.2 Å². The average molecular weight is 268 g/mol. The Labute approximate surface area is 108 Å². The van der Waals surface area contributed by atoms with Gasteiger partial charge in [0.15, 0.2) is 0 Å². The molecular formula is C11H12N2O4S. The molecule has 1 aliphatic rings. The third-order valence-electron chi connectivity index (χ3n) is 2.27. The fourth-order valence-corrected chi connectivity index (χ4v) is 2.32. The molecule has 0 atom stereocenters. The molecule has 0 unspecified atom stereocenters. The van der Waals surface area contributed by atoms with Crippen molar-refractivity contribution in [1.29, 1.82) is 0 Å². The van der Waals surface area contributed by atoms with Crippen molar-refractivity contribution in [2.75, 3.05) is 25.5 Å². The number of hydrogen-bond acceptors (Lipinski definition) is 7. The summed E-state index contributed by atoms with van der Waals surface area (Å²) in [5.41, 5.74) is 5.51. The van der Waals surface area contributed by atoms with Gasteiger partial charge in [-0.1, -0.05) is 5.16 Å². The highest BCUT2D eigenvalue weighted by Crippen LogP contribution is 2.27. The van der Waals surface area contributed by atoms with Crippen LogP contribution in [0.25, 0.3) is 0 Å². The molecule has 0 radical (unpaired) electrons. The van der Waals surface area contributed by atoms with Crippen LogP contribution in [0.3, 0.4) is 0 Å². The lowest BCUT2D eigenvalue weighted by Gasteiger charge is -2.09. The maximum atomic E-state index is 11.9. The Bertz CT molecular complexity index is 495. The van der Waals surface area contributed by atoms with E-state index < -0.39 is 0 Å². The largest absolute Gasteiger partial charge is 0.379 e. The quantitative estimate of drug-likeness (QED) is 0.756. The van der Waals surface area contributed by atoms with Crippen LogP contribution in [0, 0.1) is 0 Å². The van der Waals surface area contributed by atoms with Crippen LogP contribution < -0.4 is 5.73 Å². The van der Waals surface area contributed by atoms with E-state index in [0.717, 1.165) is 0 Å². The van der Waals surface area contributed by atoms with E-state index >= 15 is 0 Å². The SMILES string of the molecule is NCCOCCSC1=CC(=O)c2oncc2C1=O. The van der Waals surface area contributed by atoms with E-state index in [-0.39, 0.29) is 22.9 Å². The number of nitrogens with zero attached hydrogens (tertiary/aromatic N) is 1. The Morgan fingerprint density at radius 1 is 1.39 bits per heavy atom. The van der Waals surface area contributed by atoms with Gasteiger partial charge in [0.2, 0.25) is 17.3 Å². The topological polar surface area (TPSA) is 95.4 Å². The van der Waals surface area contributed by atoms with E-state index in [1.165, 1.54) is 24.0 Å². The van der Waals surface area contributed by atoms with Crippen molar-refractivity contribution >= 4 is 23.3 Å². The lowest BCUT2D eigenvalue weighted by Crippen LogP contribution is -2.14. The van der Waals surface area contributed by atoms with Crippen molar-refractivity contribution in [3.63, 3.8) is 0 Å². The Balaban J connectivity index is 1.94. The number of nitrogens with two attached hydrogens (primary N) is 1. The van der Waals surface area contributed by atoms with Gasteiger partial charge in [0.1, 0.15) is 0 Å². The highest BCUT2D eigenvalue weighted by atomic mass is 32.2. The molecule has 2 rings (SSSR count). The summed E-state index contributed by atoms with van der Waals surface area (Å²) in [6.45, 7) is 1.44. The number of rotatable bonds is 6. The number of fused-ring (bicyclic) bond motifs is 1. The van der Waals surface area contributed by atoms with Crippen molar-refractivity contribution in [3.05, 3.63) is 28.5 Å². The molecule has 96 valence electrons. The number of thioether (sulfide) groups is 1. The van der Waals surface area contributed by atoms with Gasteiger partial charge in [-0.2, -0.15) is 0 Å². The zero-order valence-corrected chi connectivity index (χ0v) is 10.4. The number of Topliss-reactive ketones (excluding diaryl/α,β-unsaturated/α-hetero) is 1. The number of ether oxygens (including phenoxy) is 1. The summed E-state index contributed by atoms with van der Waals surface area (Å²) >= 11 is 1.28. The molecule has 0 fully saturated rings. The second kappa shape index (κ2) is 5.94. The lowest BCUT2D eigenvalue weighted by atomic mass is 10.0. The van der Waals surface area contributed by atoms with E-state index in [1.54, 1.807) is 0 Å². The standard InChI is InChI=1S/C11H12N2O4S/c12-1-2-16-3-4-18-9-5-8(14)11-7(10(9)15)6-13-17-11/h5-6H,1-4,12H2. The fourth-order valence-electron chi connectivity index (χ4n) is 1.47. The summed E-state index contributed by atoms with van der Waals surface area (Å²) in [7, 11) is 0. The maximum Gasteiger partial charge on any atom is 0.225 e. The first kappa shape index (κ1) is 13.0. The van der Waals surface area contributed by atoms with Crippen molar-refractivity contribution in [2.24, 2.45) is 5.73 Å². The van der Waals surface area contributed by atoms with Crippen molar-refractivity contribution < 1.29 is 18.8 Å². The van der Waals surface area contributed by atoms with Gasteiger partial charge in [0, 0.05) is 18.4 Å². The third kappa shape index (κ3) is 2.69. The minimum Gasteiger partial charge on any atom is -0.379 e. The number of hydrogen-bond donors (Lipinski definition) is 1. The third-order valence-corrected chi connectivity index (χ3v) is 3.26. The molecule has 18 heavy (non-hydrogen) atoms. The average Bonchev–Trinajstić information content (AvgIpc) is 2.84. The molecule has 0 saturated heterocycles. The van der Waals surface area contributed by atoms with Gasteiger partial charge in [-0.3, -0.25) is 9.59 Å². The molecule has 2 N–H and O–H groups in total. The zero-order valence-electron chi connectivity index (χ0n) is 9.55. The Morgan fingerprint density at radius 3 is 3.00 bits per heavy atom. The molecule has 0 aromatic carbocycles. The summed E-state index contributed by atoms with van der Waals surface area (Å²) in [5, 5.41) is 3.46. The molecule has 6 nitrogen and oxygen atoms in total. The molecule has 1 aliphatic carbocycles. The van der Waals surface area contributed by atoms with Gasteiger partial charge in [0.05, 0.1) is 29.9 Å². The van der Waals surface area contributed by atoms with E-state index in [4.69, 9.17) is 15.0 Å². The normalized spacial score (nSPS) is 14.6. The second-order valence-electron chi connectivity index (χ2n) is 3.52. The van der Waals surface area contributed by atoms with Gasteiger partial charge in [0.25, 0.3) is 0 Å². The van der Waals surface area contributed by atoms with E-state index in [0.29, 0.717) is 30.4 Å². The number of carbonyl (C=O) groups excluding carboxylic acids is 2. The first-order chi connectivity index (χ1) is 8.74. The summed E-state index contributed by atoms with van der Waals surface area (Å²) in [5.74, 6) is 0.0525. The summed E-state index contributed by atoms with van der Waals surface area (Å²) in [6, 6.07) is 0. The van der Waals surface area contributed by atoms with Crippen LogP contribution in [-0.2, 0) is 4.74 Å². The molecular weight excluding hydrogens is 256 g/mol. The van der Waals surface area contributed by atoms with Gasteiger partial charge >= 0.3 is 0 Å². The van der Waals surface area contributed by atoms with E-state index in [2.05, 4.69) is 5.16 Å². The summed E-state index contributed by atoms with van der Waals surface area (Å²) in [6.07, 6.45) is 2.55. The molecule has 1 aromatic heterocycles. The van der Waals surface area contributed by atoms with Crippen LogP contribution in [0.1, 0.15) is 20.9 Å². The first-order valence-electron chi connectivity index (χ1n) is 5.40. The van der Waals surface area contributed by atoms with Crippen molar-refractivity contribution in [3.8, 4) is 0 Å². The number of ketones is 2. The highest BCUT2D eigenvalue weighted by molar-refractivity contribution is 8.04. The monoisotopic (exact) mass is 268 g/mol. The van der Waals surface area contributed by atoms with Gasteiger partial charge in [-0.05, 0) is 0 Å². The van der Waals surface area contributed by atoms with Gasteiger partial charge < -0.3 is 15.0 Å². The number of carbonyl (C=O) groups is 2. The minimum atomic E-state index is -0.326. The Hall–Kier alpha value is -1.44. The molecule has 0 amide bonds. The van der Waals surface area contributed by atoms with Crippen LogP contribution in [0.15, 0.2) is 21.7 Å². The summed E-state index contributed by atoms with van der Waals surface area (Å²) < 4.78 is 9.92. The number of aromatic nitrogens is 1. The molecule has 1 heterocycles. The van der Waals surface area contributed by atoms with Crippen LogP contribution in [0.4, 0.5) is 0 Å². The van der Waals surface area contributed by atoms with Crippen LogP contribution >= 0.6 is 11.8 Å². The Kier molecular flexibility index (Phi) is 4.29. The molecule has 0 saturated carbocycles. The molecule has 1 aromatic rings. The van der Waals surface area contributed by atoms with E-state index in [9.17, 15) is 9.59 Å². The molecule has 0 aliphatic heterocycles. The Morgan fingerprint density at radius 2 is 2.22 bits per heavy atom. The molecule has 0 bridgehead atoms. The highest BCUT2D eigenvalue weighted by Gasteiger charge is 2.29. The van der Waals surface area contributed by atoms with Gasteiger partial charge in [-0.15, -0.1) is 11.8 Å². The van der Waals surface area contributed by atoms with Crippen molar-refractivity contribution in [2.45, 2.75) is 0 Å². The molecule has 0 spiro atoms. The lowest BCUT2D eigenvalue weighted by molar-refractivity contribution is 0.0967. The maximum absolute atomic E-state index is 11.9. The molecule has 7 heteroatoms. The second-order valence-corrected chi connectivity index (χ2v) is 4.66. The first-order valence-corrected chi connectivity index (χ1v) is 6.38. The van der Waals surface area contributed by atoms with E-state index in [1.807, 2.05) is 0 Å². The van der Waals surface area contributed by atoms with Crippen molar-refractivity contribution in [1.82, 2.24) is 5.16 Å². The van der Waals surface area contributed by atoms with Crippen LogP contribution in [0.2, 0.25) is 0 Å².